The third-order valence-corrected chi connectivity index (χ3v) is 2.81. The van der Waals surface area contributed by atoms with Crippen molar-refractivity contribution in [2.24, 2.45) is 0 Å². The minimum absolute atomic E-state index is 0.375. The first-order valence-electron chi connectivity index (χ1n) is 5.33. The molecule has 4 nitrogen and oxygen atoms in total. The summed E-state index contributed by atoms with van der Waals surface area (Å²) in [6.45, 7) is 4.11. The van der Waals surface area contributed by atoms with Crippen LogP contribution in [0.25, 0.3) is 0 Å². The Kier molecular flexibility index (Phi) is 5.50. The minimum Gasteiger partial charge on any atom is -0.493 e. The molecule has 0 amide bonds. The van der Waals surface area contributed by atoms with E-state index in [1.165, 1.54) is 14.2 Å². The number of rotatable bonds is 6. The number of benzene rings is 1. The molecule has 0 bridgehead atoms. The number of hydrogen-bond acceptors (Lipinski definition) is 4. The molecule has 18 heavy (non-hydrogen) atoms. The smallest absolute Gasteiger partial charge is 0.179 e. The van der Waals surface area contributed by atoms with E-state index in [-0.39, 0.29) is 0 Å². The summed E-state index contributed by atoms with van der Waals surface area (Å²) < 4.78 is 10.3. The van der Waals surface area contributed by atoms with Gasteiger partial charge in [0.15, 0.2) is 11.5 Å². The summed E-state index contributed by atoms with van der Waals surface area (Å²) in [7, 11) is 3.04. The molecule has 96 valence electrons. The van der Waals surface area contributed by atoms with Crippen LogP contribution in [0.15, 0.2) is 24.8 Å². The number of nitriles is 1. The van der Waals surface area contributed by atoms with E-state index in [1.807, 2.05) is 0 Å². The van der Waals surface area contributed by atoms with Gasteiger partial charge < -0.3 is 9.47 Å². The Morgan fingerprint density at radius 2 is 2.22 bits per heavy atom. The Labute approximate surface area is 112 Å². The highest BCUT2D eigenvalue weighted by molar-refractivity contribution is 6.33. The molecule has 0 radical (unpaired) electrons. The van der Waals surface area contributed by atoms with Gasteiger partial charge in [-0.3, -0.25) is 5.32 Å². The van der Waals surface area contributed by atoms with E-state index >= 15 is 0 Å². The lowest BCUT2D eigenvalue weighted by atomic mass is 10.1. The third kappa shape index (κ3) is 2.95. The van der Waals surface area contributed by atoms with Crippen LogP contribution in [0.2, 0.25) is 5.02 Å². The van der Waals surface area contributed by atoms with Crippen molar-refractivity contribution in [3.8, 4) is 17.6 Å². The van der Waals surface area contributed by atoms with Gasteiger partial charge in [-0.05, 0) is 6.07 Å². The van der Waals surface area contributed by atoms with E-state index in [9.17, 15) is 0 Å². The zero-order chi connectivity index (χ0) is 13.5. The van der Waals surface area contributed by atoms with Crippen molar-refractivity contribution in [1.82, 2.24) is 5.32 Å². The molecule has 0 aromatic heterocycles. The van der Waals surface area contributed by atoms with Crippen molar-refractivity contribution in [1.29, 1.82) is 5.26 Å². The predicted molar refractivity (Wildman–Crippen MR) is 71.1 cm³/mol. The van der Waals surface area contributed by atoms with E-state index in [0.717, 1.165) is 0 Å². The van der Waals surface area contributed by atoms with Gasteiger partial charge in [0.1, 0.15) is 6.04 Å². The Morgan fingerprint density at radius 3 is 2.72 bits per heavy atom. The van der Waals surface area contributed by atoms with E-state index in [2.05, 4.69) is 18.0 Å². The topological polar surface area (TPSA) is 54.3 Å². The molecule has 1 atom stereocenters. The number of ether oxygens (including phenoxy) is 2. The lowest BCUT2D eigenvalue weighted by molar-refractivity contribution is 0.354. The molecule has 1 aromatic rings. The zero-order valence-corrected chi connectivity index (χ0v) is 11.1. The molecule has 1 aromatic carbocycles. The molecule has 0 heterocycles. The molecule has 0 saturated carbocycles. The molecule has 0 aliphatic rings. The van der Waals surface area contributed by atoms with Gasteiger partial charge in [0.25, 0.3) is 0 Å². The van der Waals surface area contributed by atoms with Crippen LogP contribution in [-0.4, -0.2) is 20.8 Å². The maximum atomic E-state index is 9.14. The van der Waals surface area contributed by atoms with Crippen LogP contribution in [0.3, 0.4) is 0 Å². The largest absolute Gasteiger partial charge is 0.493 e. The highest BCUT2D eigenvalue weighted by Crippen LogP contribution is 2.39. The quantitative estimate of drug-likeness (QED) is 0.805. The van der Waals surface area contributed by atoms with Gasteiger partial charge in [-0.2, -0.15) is 5.26 Å². The lowest BCUT2D eigenvalue weighted by Crippen LogP contribution is -2.20. The van der Waals surface area contributed by atoms with E-state index < -0.39 is 6.04 Å². The van der Waals surface area contributed by atoms with E-state index in [4.69, 9.17) is 26.3 Å². The number of methoxy groups -OCH3 is 2. The fourth-order valence-corrected chi connectivity index (χ4v) is 1.90. The number of hydrogen-bond donors (Lipinski definition) is 1. The van der Waals surface area contributed by atoms with Crippen molar-refractivity contribution in [2.75, 3.05) is 20.8 Å². The van der Waals surface area contributed by atoms with Gasteiger partial charge in [-0.25, -0.2) is 0 Å². The fourth-order valence-electron chi connectivity index (χ4n) is 1.55. The lowest BCUT2D eigenvalue weighted by Gasteiger charge is -2.16. The van der Waals surface area contributed by atoms with Gasteiger partial charge in [0.05, 0.1) is 25.3 Å². The first kappa shape index (κ1) is 14.4. The highest BCUT2D eigenvalue weighted by atomic mass is 35.5. The van der Waals surface area contributed by atoms with Gasteiger partial charge in [-0.1, -0.05) is 23.7 Å². The molecular weight excluding hydrogens is 252 g/mol. The maximum absolute atomic E-state index is 9.14. The molecule has 0 spiro atoms. The molecule has 1 rings (SSSR count). The number of nitrogens with zero attached hydrogens (tertiary/aromatic N) is 1. The van der Waals surface area contributed by atoms with Crippen LogP contribution in [0.1, 0.15) is 11.6 Å². The summed E-state index contributed by atoms with van der Waals surface area (Å²) in [5, 5.41) is 12.5. The summed E-state index contributed by atoms with van der Waals surface area (Å²) in [5.74, 6) is 0.962. The van der Waals surface area contributed by atoms with Gasteiger partial charge in [0, 0.05) is 12.1 Å². The van der Waals surface area contributed by atoms with Gasteiger partial charge in [0.2, 0.25) is 0 Å². The van der Waals surface area contributed by atoms with Crippen molar-refractivity contribution >= 4 is 11.6 Å². The van der Waals surface area contributed by atoms with Crippen molar-refractivity contribution in [2.45, 2.75) is 6.04 Å². The van der Waals surface area contributed by atoms with Crippen molar-refractivity contribution < 1.29 is 9.47 Å². The third-order valence-electron chi connectivity index (χ3n) is 2.42. The average molecular weight is 267 g/mol. The molecule has 5 heteroatoms. The molecule has 0 aliphatic heterocycles. The second-order valence-electron chi connectivity index (χ2n) is 3.46. The first-order valence-corrected chi connectivity index (χ1v) is 5.71. The van der Waals surface area contributed by atoms with Crippen molar-refractivity contribution in [3.63, 3.8) is 0 Å². The number of halogens is 1. The second-order valence-corrected chi connectivity index (χ2v) is 3.84. The molecule has 0 fully saturated rings. The van der Waals surface area contributed by atoms with Gasteiger partial charge in [-0.15, -0.1) is 6.58 Å². The van der Waals surface area contributed by atoms with Crippen LogP contribution in [0.5, 0.6) is 11.5 Å². The van der Waals surface area contributed by atoms with E-state index in [1.54, 1.807) is 18.2 Å². The van der Waals surface area contributed by atoms with Crippen LogP contribution in [0.4, 0.5) is 0 Å². The normalized spacial score (nSPS) is 11.4. The summed E-state index contributed by atoms with van der Waals surface area (Å²) >= 11 is 6.22. The van der Waals surface area contributed by atoms with Crippen LogP contribution >= 0.6 is 11.6 Å². The van der Waals surface area contributed by atoms with Gasteiger partial charge >= 0.3 is 0 Å². The molecule has 1 N–H and O–H groups in total. The summed E-state index contributed by atoms with van der Waals surface area (Å²) in [6.07, 6.45) is 1.68. The SMILES string of the molecule is C=CCNC(C#N)c1ccc(OC)c(OC)c1Cl. The maximum Gasteiger partial charge on any atom is 0.179 e. The zero-order valence-electron chi connectivity index (χ0n) is 10.4. The average Bonchev–Trinajstić information content (AvgIpc) is 2.40. The van der Waals surface area contributed by atoms with Crippen molar-refractivity contribution in [3.05, 3.63) is 35.4 Å². The Morgan fingerprint density at radius 1 is 1.50 bits per heavy atom. The molecular formula is C13H15ClN2O2. The molecule has 0 saturated heterocycles. The molecule has 1 unspecified atom stereocenters. The Balaban J connectivity index is 3.16. The number of nitrogens with one attached hydrogen (secondary N) is 1. The fraction of sp³-hybridized carbons (Fsp3) is 0.308. The van der Waals surface area contributed by atoms with Crippen LogP contribution < -0.4 is 14.8 Å². The second kappa shape index (κ2) is 6.90. The standard InChI is InChI=1S/C13H15ClN2O2/c1-4-7-16-10(8-15)9-5-6-11(17-2)13(18-3)12(9)14/h4-6,10,16H,1,7H2,2-3H3. The Bertz CT molecular complexity index is 469. The highest BCUT2D eigenvalue weighted by Gasteiger charge is 2.19. The van der Waals surface area contributed by atoms with Crippen LogP contribution in [-0.2, 0) is 0 Å². The predicted octanol–water partition coefficient (Wildman–Crippen LogP) is 2.70. The summed E-state index contributed by atoms with van der Waals surface area (Å²) in [6, 6.07) is 5.09. The monoisotopic (exact) mass is 266 g/mol. The minimum atomic E-state index is -0.518. The van der Waals surface area contributed by atoms with Crippen LogP contribution in [0, 0.1) is 11.3 Å². The van der Waals surface area contributed by atoms with E-state index in [0.29, 0.717) is 28.6 Å². The summed E-state index contributed by atoms with van der Waals surface area (Å²) in [5.41, 5.74) is 0.652. The summed E-state index contributed by atoms with van der Waals surface area (Å²) in [4.78, 5) is 0. The Hall–Kier alpha value is -1.70. The first-order chi connectivity index (χ1) is 8.69. The molecule has 0 aliphatic carbocycles.